The Morgan fingerprint density at radius 1 is 1.20 bits per heavy atom. The second-order valence-corrected chi connectivity index (χ2v) is 4.39. The summed E-state index contributed by atoms with van der Waals surface area (Å²) >= 11 is 0. The maximum Gasteiger partial charge on any atom is -0.0292 e. The van der Waals surface area contributed by atoms with E-state index in [1.165, 1.54) is 12.8 Å². The summed E-state index contributed by atoms with van der Waals surface area (Å²) in [5, 5.41) is 0. The van der Waals surface area contributed by atoms with Crippen LogP contribution in [0.25, 0.3) is 0 Å². The smallest absolute Gasteiger partial charge is 0.0292 e. The first-order valence-electron chi connectivity index (χ1n) is 4.79. The van der Waals surface area contributed by atoms with Crippen LogP contribution in [-0.4, -0.2) is 0 Å². The molecule has 3 aliphatic rings. The summed E-state index contributed by atoms with van der Waals surface area (Å²) in [6.07, 6.45) is 7.58. The van der Waals surface area contributed by atoms with Gasteiger partial charge in [0.15, 0.2) is 0 Å². The average molecular weight is 138 g/mol. The average Bonchev–Trinajstić information content (AvgIpc) is 2.38. The van der Waals surface area contributed by atoms with Crippen LogP contribution in [0.3, 0.4) is 0 Å². The van der Waals surface area contributed by atoms with Gasteiger partial charge in [0.1, 0.15) is 0 Å². The van der Waals surface area contributed by atoms with Crippen LogP contribution in [-0.2, 0) is 0 Å². The summed E-state index contributed by atoms with van der Waals surface area (Å²) in [5.41, 5.74) is 0.853. The molecular weight excluding hydrogens is 120 g/mol. The normalized spacial score (nSPS) is 51.0. The van der Waals surface area contributed by atoms with E-state index in [1.54, 1.807) is 19.3 Å². The van der Waals surface area contributed by atoms with Crippen molar-refractivity contribution in [1.82, 2.24) is 0 Å². The standard InChI is InChI=1S/C10H18/c1-3-8-5-10(4-2)6-9(8)7-10/h8-9H,3-7H2,1-2H3. The maximum absolute atomic E-state index is 2.37. The third kappa shape index (κ3) is 0.681. The van der Waals surface area contributed by atoms with Gasteiger partial charge in [-0.25, -0.2) is 0 Å². The van der Waals surface area contributed by atoms with Crippen molar-refractivity contribution in [3.63, 3.8) is 0 Å². The summed E-state index contributed by atoms with van der Waals surface area (Å²) in [5.74, 6) is 2.25. The molecule has 0 spiro atoms. The molecule has 1 unspecified atom stereocenters. The largest absolute Gasteiger partial charge is 0.0651 e. The van der Waals surface area contributed by atoms with Crippen molar-refractivity contribution in [2.75, 3.05) is 0 Å². The molecule has 0 aromatic carbocycles. The topological polar surface area (TPSA) is 0 Å². The Morgan fingerprint density at radius 2 is 1.90 bits per heavy atom. The summed E-state index contributed by atoms with van der Waals surface area (Å²) in [7, 11) is 0. The highest BCUT2D eigenvalue weighted by Gasteiger charge is 2.53. The van der Waals surface area contributed by atoms with Gasteiger partial charge in [-0.05, 0) is 36.5 Å². The quantitative estimate of drug-likeness (QED) is 0.549. The van der Waals surface area contributed by atoms with E-state index in [0.717, 1.165) is 17.3 Å². The Hall–Kier alpha value is 0. The van der Waals surface area contributed by atoms with E-state index >= 15 is 0 Å². The van der Waals surface area contributed by atoms with Crippen molar-refractivity contribution in [3.8, 4) is 0 Å². The van der Waals surface area contributed by atoms with Gasteiger partial charge in [0, 0.05) is 0 Å². The lowest BCUT2D eigenvalue weighted by atomic mass is 9.68. The van der Waals surface area contributed by atoms with E-state index in [4.69, 9.17) is 0 Å². The van der Waals surface area contributed by atoms with Crippen LogP contribution in [0.15, 0.2) is 0 Å². The molecule has 0 aromatic rings. The van der Waals surface area contributed by atoms with Crippen LogP contribution in [0.2, 0.25) is 0 Å². The second kappa shape index (κ2) is 1.99. The van der Waals surface area contributed by atoms with Gasteiger partial charge in [-0.3, -0.25) is 0 Å². The number of rotatable bonds is 2. The highest BCUT2D eigenvalue weighted by Crippen LogP contribution is 2.64. The van der Waals surface area contributed by atoms with Crippen LogP contribution in [0.1, 0.15) is 46.0 Å². The molecule has 2 bridgehead atoms. The first-order chi connectivity index (χ1) is 4.79. The molecule has 0 saturated heterocycles. The van der Waals surface area contributed by atoms with Crippen LogP contribution in [0.5, 0.6) is 0 Å². The molecule has 0 aromatic heterocycles. The Balaban J connectivity index is 2.02. The lowest BCUT2D eigenvalue weighted by Crippen LogP contribution is -2.26. The molecule has 0 amide bonds. The predicted octanol–water partition coefficient (Wildman–Crippen LogP) is 3.22. The van der Waals surface area contributed by atoms with E-state index < -0.39 is 0 Å². The predicted molar refractivity (Wildman–Crippen MR) is 43.8 cm³/mol. The highest BCUT2D eigenvalue weighted by molar-refractivity contribution is 5.03. The van der Waals surface area contributed by atoms with E-state index in [-0.39, 0.29) is 0 Å². The third-order valence-corrected chi connectivity index (χ3v) is 4.03. The van der Waals surface area contributed by atoms with E-state index in [9.17, 15) is 0 Å². The Morgan fingerprint density at radius 3 is 2.20 bits per heavy atom. The molecular formula is C10H18. The minimum atomic E-state index is 0.853. The Kier molecular flexibility index (Phi) is 1.33. The van der Waals surface area contributed by atoms with Gasteiger partial charge >= 0.3 is 0 Å². The first kappa shape index (κ1) is 6.69. The maximum atomic E-state index is 2.37. The van der Waals surface area contributed by atoms with Gasteiger partial charge in [0.05, 0.1) is 0 Å². The van der Waals surface area contributed by atoms with Gasteiger partial charge in [-0.15, -0.1) is 0 Å². The summed E-state index contributed by atoms with van der Waals surface area (Å²) in [4.78, 5) is 0. The molecule has 3 saturated carbocycles. The van der Waals surface area contributed by atoms with Crippen molar-refractivity contribution in [2.24, 2.45) is 17.3 Å². The zero-order chi connectivity index (χ0) is 7.19. The Labute approximate surface area is 64.0 Å². The molecule has 0 nitrogen and oxygen atoms in total. The van der Waals surface area contributed by atoms with Gasteiger partial charge in [0.2, 0.25) is 0 Å². The molecule has 0 N–H and O–H groups in total. The van der Waals surface area contributed by atoms with Gasteiger partial charge in [-0.2, -0.15) is 0 Å². The van der Waals surface area contributed by atoms with E-state index in [0.29, 0.717) is 0 Å². The van der Waals surface area contributed by atoms with Crippen LogP contribution in [0.4, 0.5) is 0 Å². The second-order valence-electron chi connectivity index (χ2n) is 4.39. The highest BCUT2D eigenvalue weighted by atomic mass is 14.6. The lowest BCUT2D eigenvalue weighted by molar-refractivity contribution is 0.133. The van der Waals surface area contributed by atoms with Gasteiger partial charge < -0.3 is 0 Å². The van der Waals surface area contributed by atoms with Crippen LogP contribution >= 0.6 is 0 Å². The molecule has 1 atom stereocenters. The lowest BCUT2D eigenvalue weighted by Gasteiger charge is -2.37. The molecule has 0 heterocycles. The third-order valence-electron chi connectivity index (χ3n) is 4.03. The molecule has 3 fully saturated rings. The molecule has 3 rings (SSSR count). The first-order valence-corrected chi connectivity index (χ1v) is 4.79. The number of hydrogen-bond acceptors (Lipinski definition) is 0. The Bertz CT molecular complexity index is 131. The van der Waals surface area contributed by atoms with Crippen LogP contribution in [0, 0.1) is 17.3 Å². The van der Waals surface area contributed by atoms with E-state index in [1.807, 2.05) is 0 Å². The summed E-state index contributed by atoms with van der Waals surface area (Å²) in [6.45, 7) is 4.73. The van der Waals surface area contributed by atoms with E-state index in [2.05, 4.69) is 13.8 Å². The van der Waals surface area contributed by atoms with Crippen molar-refractivity contribution in [3.05, 3.63) is 0 Å². The molecule has 0 radical (unpaired) electrons. The van der Waals surface area contributed by atoms with Gasteiger partial charge in [-0.1, -0.05) is 26.7 Å². The van der Waals surface area contributed by atoms with Gasteiger partial charge in [0.25, 0.3) is 0 Å². The minimum Gasteiger partial charge on any atom is -0.0651 e. The van der Waals surface area contributed by atoms with Crippen molar-refractivity contribution < 1.29 is 0 Å². The monoisotopic (exact) mass is 138 g/mol. The number of fused-ring (bicyclic) bond motifs is 1. The molecule has 10 heavy (non-hydrogen) atoms. The summed E-state index contributed by atoms with van der Waals surface area (Å²) < 4.78 is 0. The SMILES string of the molecule is CCC1CC2(CC)CC1C2. The zero-order valence-electron chi connectivity index (χ0n) is 7.19. The fourth-order valence-corrected chi connectivity index (χ4v) is 3.19. The van der Waals surface area contributed by atoms with Crippen molar-refractivity contribution in [2.45, 2.75) is 46.0 Å². The summed E-state index contributed by atoms with van der Waals surface area (Å²) in [6, 6.07) is 0. The van der Waals surface area contributed by atoms with Crippen LogP contribution < -0.4 is 0 Å². The van der Waals surface area contributed by atoms with Crippen molar-refractivity contribution >= 4 is 0 Å². The molecule has 58 valence electrons. The van der Waals surface area contributed by atoms with Crippen molar-refractivity contribution in [1.29, 1.82) is 0 Å². The zero-order valence-corrected chi connectivity index (χ0v) is 7.19. The molecule has 0 aliphatic heterocycles. The fourth-order valence-electron chi connectivity index (χ4n) is 3.19. The minimum absolute atomic E-state index is 0.853. The molecule has 0 heteroatoms. The fraction of sp³-hybridized carbons (Fsp3) is 1.00. The molecule has 3 aliphatic carbocycles. The number of hydrogen-bond donors (Lipinski definition) is 0.